The van der Waals surface area contributed by atoms with E-state index in [1.807, 2.05) is 67.6 Å². The Morgan fingerprint density at radius 2 is 1.65 bits per heavy atom. The third kappa shape index (κ3) is 4.16. The summed E-state index contributed by atoms with van der Waals surface area (Å²) in [7, 11) is -1.38. The summed E-state index contributed by atoms with van der Waals surface area (Å²) in [6, 6.07) is 19.0. The average molecular weight is 287 g/mol. The number of hydrogen-bond donors (Lipinski definition) is 2. The molecular weight excluding hydrogens is 269 g/mol. The van der Waals surface area contributed by atoms with Gasteiger partial charge in [0, 0.05) is 5.30 Å². The fourth-order valence-corrected chi connectivity index (χ4v) is 3.12. The van der Waals surface area contributed by atoms with Gasteiger partial charge in [-0.15, -0.1) is 0 Å². The van der Waals surface area contributed by atoms with Gasteiger partial charge in [0.15, 0.2) is 0 Å². The topological polar surface area (TPSA) is 49.3 Å². The zero-order valence-electron chi connectivity index (χ0n) is 11.4. The van der Waals surface area contributed by atoms with Gasteiger partial charge in [0.2, 0.25) is 5.91 Å². The van der Waals surface area contributed by atoms with Crippen LogP contribution in [0.15, 0.2) is 60.7 Å². The molecule has 2 N–H and O–H groups in total. The fraction of sp³-hybridized carbons (Fsp3) is 0.188. The Labute approximate surface area is 120 Å². The van der Waals surface area contributed by atoms with E-state index in [4.69, 9.17) is 0 Å². The zero-order chi connectivity index (χ0) is 14.4. The van der Waals surface area contributed by atoms with Gasteiger partial charge in [-0.2, -0.15) is 0 Å². The van der Waals surface area contributed by atoms with E-state index in [1.54, 1.807) is 0 Å². The highest BCUT2D eigenvalue weighted by molar-refractivity contribution is 7.60. The average Bonchev–Trinajstić information content (AvgIpc) is 2.48. The third-order valence-corrected chi connectivity index (χ3v) is 4.66. The van der Waals surface area contributed by atoms with E-state index in [0.29, 0.717) is 6.42 Å². The van der Waals surface area contributed by atoms with E-state index in [2.05, 4.69) is 5.32 Å². The molecule has 0 saturated carbocycles. The Morgan fingerprint density at radius 1 is 1.10 bits per heavy atom. The van der Waals surface area contributed by atoms with Gasteiger partial charge in [0.05, 0.1) is 20.4 Å². The lowest BCUT2D eigenvalue weighted by molar-refractivity contribution is -0.120. The first-order valence-electron chi connectivity index (χ1n) is 6.53. The van der Waals surface area contributed by atoms with Crippen molar-refractivity contribution in [1.29, 1.82) is 0 Å². The Kier molecular flexibility index (Phi) is 5.28. The number of rotatable bonds is 5. The van der Waals surface area contributed by atoms with Crippen molar-refractivity contribution in [3.05, 3.63) is 66.2 Å². The lowest BCUT2D eigenvalue weighted by Crippen LogP contribution is -2.34. The van der Waals surface area contributed by atoms with E-state index in [-0.39, 0.29) is 11.7 Å². The minimum absolute atomic E-state index is 0.0684. The second kappa shape index (κ2) is 7.18. The Bertz CT molecular complexity index is 545. The van der Waals surface area contributed by atoms with Gasteiger partial charge in [-0.25, -0.2) is 0 Å². The third-order valence-electron chi connectivity index (χ3n) is 2.96. The summed E-state index contributed by atoms with van der Waals surface area (Å²) in [6.45, 7) is 1.83. The maximum Gasteiger partial charge on any atom is 0.224 e. The molecule has 20 heavy (non-hydrogen) atoms. The second-order valence-corrected chi connectivity index (χ2v) is 6.57. The molecule has 0 aliphatic rings. The number of amides is 1. The van der Waals surface area contributed by atoms with Crippen LogP contribution in [-0.2, 0) is 11.2 Å². The largest absolute Gasteiger partial charge is 0.367 e. The van der Waals surface area contributed by atoms with E-state index in [1.165, 1.54) is 0 Å². The molecule has 2 atom stereocenters. The van der Waals surface area contributed by atoms with Crippen LogP contribution in [0.3, 0.4) is 0 Å². The van der Waals surface area contributed by atoms with Crippen LogP contribution in [0.2, 0.25) is 0 Å². The molecule has 3 nitrogen and oxygen atoms in total. The highest BCUT2D eigenvalue weighted by atomic mass is 31.1. The highest BCUT2D eigenvalue weighted by Gasteiger charge is 2.18. The summed E-state index contributed by atoms with van der Waals surface area (Å²) >= 11 is 0. The monoisotopic (exact) mass is 287 g/mol. The number of benzene rings is 2. The molecule has 2 rings (SSSR count). The molecule has 2 aromatic carbocycles. The van der Waals surface area contributed by atoms with Crippen LogP contribution >= 0.6 is 8.15 Å². The predicted molar refractivity (Wildman–Crippen MR) is 83.0 cm³/mol. The molecule has 0 fully saturated rings. The molecule has 1 amide bonds. The Balaban J connectivity index is 1.91. The lowest BCUT2D eigenvalue weighted by Gasteiger charge is -2.20. The van der Waals surface area contributed by atoms with E-state index < -0.39 is 8.15 Å². The number of carbonyl (C=O) groups is 1. The summed E-state index contributed by atoms with van der Waals surface area (Å²) in [5.74, 6) is -0.329. The standard InChI is InChI=1S/C16H18NO2P/c1-13(20(19)15-10-6-3-7-11-15)17-16(18)12-14-8-4-2-5-9-14/h2-11,13,19H,12H2,1H3,(H,17,18). The molecule has 2 aromatic rings. The van der Waals surface area contributed by atoms with Gasteiger partial charge < -0.3 is 10.2 Å². The molecule has 0 radical (unpaired) electrons. The highest BCUT2D eigenvalue weighted by Crippen LogP contribution is 2.33. The van der Waals surface area contributed by atoms with Gasteiger partial charge in [-0.3, -0.25) is 4.79 Å². The minimum atomic E-state index is -1.38. The van der Waals surface area contributed by atoms with Crippen molar-refractivity contribution in [2.75, 3.05) is 0 Å². The number of carbonyl (C=O) groups excluding carboxylic acids is 1. The van der Waals surface area contributed by atoms with Crippen molar-refractivity contribution >= 4 is 19.4 Å². The molecule has 0 heterocycles. The zero-order valence-corrected chi connectivity index (χ0v) is 12.3. The number of nitrogens with one attached hydrogen (secondary N) is 1. The first kappa shape index (κ1) is 14.7. The minimum Gasteiger partial charge on any atom is -0.367 e. The summed E-state index contributed by atoms with van der Waals surface area (Å²) in [6.07, 6.45) is 0.336. The molecule has 0 spiro atoms. The first-order valence-corrected chi connectivity index (χ1v) is 7.89. The normalized spacial score (nSPS) is 13.5. The van der Waals surface area contributed by atoms with Crippen molar-refractivity contribution in [2.45, 2.75) is 19.1 Å². The first-order chi connectivity index (χ1) is 9.66. The number of hydrogen-bond acceptors (Lipinski definition) is 2. The Morgan fingerprint density at radius 3 is 2.25 bits per heavy atom. The molecule has 4 heteroatoms. The molecule has 0 aliphatic heterocycles. The predicted octanol–water partition coefficient (Wildman–Crippen LogP) is 2.41. The van der Waals surface area contributed by atoms with Gasteiger partial charge in [-0.05, 0) is 12.5 Å². The molecule has 2 unspecified atom stereocenters. The van der Waals surface area contributed by atoms with Gasteiger partial charge >= 0.3 is 0 Å². The maximum atomic E-state index is 11.9. The Hall–Kier alpha value is -1.70. The summed E-state index contributed by atoms with van der Waals surface area (Å²) in [5, 5.41) is 3.74. The van der Waals surface area contributed by atoms with Gasteiger partial charge in [-0.1, -0.05) is 60.7 Å². The summed E-state index contributed by atoms with van der Waals surface area (Å²) < 4.78 is 0. The van der Waals surface area contributed by atoms with Crippen LogP contribution < -0.4 is 10.6 Å². The van der Waals surface area contributed by atoms with Crippen molar-refractivity contribution in [1.82, 2.24) is 5.32 Å². The van der Waals surface area contributed by atoms with E-state index >= 15 is 0 Å². The summed E-state index contributed by atoms with van der Waals surface area (Å²) in [4.78, 5) is 22.2. The molecule has 0 bridgehead atoms. The van der Waals surface area contributed by atoms with Crippen molar-refractivity contribution in [3.63, 3.8) is 0 Å². The SMILES string of the molecule is CC(NC(=O)Cc1ccccc1)P(O)c1ccccc1. The van der Waals surface area contributed by atoms with Gasteiger partial charge in [0.1, 0.15) is 0 Å². The molecular formula is C16H18NO2P. The maximum absolute atomic E-state index is 11.9. The molecule has 0 aliphatic carbocycles. The van der Waals surface area contributed by atoms with Crippen LogP contribution in [0, 0.1) is 0 Å². The molecule has 0 aromatic heterocycles. The van der Waals surface area contributed by atoms with Crippen molar-refractivity contribution in [3.8, 4) is 0 Å². The van der Waals surface area contributed by atoms with Crippen LogP contribution in [0.5, 0.6) is 0 Å². The van der Waals surface area contributed by atoms with Crippen LogP contribution in [0.1, 0.15) is 12.5 Å². The smallest absolute Gasteiger partial charge is 0.224 e. The van der Waals surface area contributed by atoms with Crippen molar-refractivity contribution in [2.24, 2.45) is 0 Å². The van der Waals surface area contributed by atoms with Crippen LogP contribution in [-0.4, -0.2) is 16.6 Å². The van der Waals surface area contributed by atoms with E-state index in [0.717, 1.165) is 10.9 Å². The quantitative estimate of drug-likeness (QED) is 0.830. The fourth-order valence-electron chi connectivity index (χ4n) is 1.93. The molecule has 0 saturated heterocycles. The molecule has 104 valence electrons. The van der Waals surface area contributed by atoms with Crippen LogP contribution in [0.4, 0.5) is 0 Å². The second-order valence-electron chi connectivity index (χ2n) is 4.59. The lowest BCUT2D eigenvalue weighted by atomic mass is 10.1. The van der Waals surface area contributed by atoms with Crippen molar-refractivity contribution < 1.29 is 9.69 Å². The summed E-state index contributed by atoms with van der Waals surface area (Å²) in [5.41, 5.74) is 0.971. The van der Waals surface area contributed by atoms with Crippen LogP contribution in [0.25, 0.3) is 0 Å². The van der Waals surface area contributed by atoms with Gasteiger partial charge in [0.25, 0.3) is 0 Å². The van der Waals surface area contributed by atoms with E-state index in [9.17, 15) is 9.69 Å².